The Labute approximate surface area is 108 Å². The highest BCUT2D eigenvalue weighted by molar-refractivity contribution is 6.32. The molecule has 94 valence electrons. The Balaban J connectivity index is 1.84. The molecule has 2 rings (SSSR count). The monoisotopic (exact) mass is 253 g/mol. The van der Waals surface area contributed by atoms with Crippen LogP contribution in [-0.2, 0) is 6.54 Å². The van der Waals surface area contributed by atoms with E-state index in [9.17, 15) is 5.11 Å². The molecule has 0 radical (unpaired) electrons. The predicted octanol–water partition coefficient (Wildman–Crippen LogP) is 3.72. The standard InChI is InChI=1S/C14H20ClNO/c1-2-6-14(7-8-14)10-16-9-11-4-3-5-12(15)13(11)17/h3-5,16-17H,2,6-10H2,1H3. The van der Waals surface area contributed by atoms with Crippen molar-refractivity contribution in [3.63, 3.8) is 0 Å². The summed E-state index contributed by atoms with van der Waals surface area (Å²) in [6.45, 7) is 3.98. The van der Waals surface area contributed by atoms with Crippen LogP contribution in [-0.4, -0.2) is 11.7 Å². The number of phenolic OH excluding ortho intramolecular Hbond substituents is 1. The lowest BCUT2D eigenvalue weighted by atomic mass is 10.0. The molecule has 1 aromatic rings. The molecule has 0 saturated heterocycles. The maximum atomic E-state index is 9.77. The predicted molar refractivity (Wildman–Crippen MR) is 71.4 cm³/mol. The normalized spacial score (nSPS) is 17.1. The number of hydrogen-bond acceptors (Lipinski definition) is 2. The molecule has 1 aliphatic rings. The summed E-state index contributed by atoms with van der Waals surface area (Å²) in [6, 6.07) is 5.49. The minimum atomic E-state index is 0.210. The summed E-state index contributed by atoms with van der Waals surface area (Å²) in [5.74, 6) is 0.210. The van der Waals surface area contributed by atoms with Crippen molar-refractivity contribution in [1.82, 2.24) is 5.32 Å². The lowest BCUT2D eigenvalue weighted by Gasteiger charge is -2.15. The fraction of sp³-hybridized carbons (Fsp3) is 0.571. The Morgan fingerprint density at radius 1 is 1.41 bits per heavy atom. The van der Waals surface area contributed by atoms with E-state index in [1.54, 1.807) is 6.07 Å². The van der Waals surface area contributed by atoms with Crippen LogP contribution >= 0.6 is 11.6 Å². The maximum Gasteiger partial charge on any atom is 0.138 e. The van der Waals surface area contributed by atoms with Crippen molar-refractivity contribution >= 4 is 11.6 Å². The molecule has 1 saturated carbocycles. The van der Waals surface area contributed by atoms with Gasteiger partial charge >= 0.3 is 0 Å². The maximum absolute atomic E-state index is 9.77. The number of rotatable bonds is 6. The van der Waals surface area contributed by atoms with Crippen LogP contribution in [0.5, 0.6) is 5.75 Å². The van der Waals surface area contributed by atoms with Gasteiger partial charge in [0, 0.05) is 18.7 Å². The van der Waals surface area contributed by atoms with Gasteiger partial charge in [0.1, 0.15) is 5.75 Å². The first kappa shape index (κ1) is 12.7. The van der Waals surface area contributed by atoms with Gasteiger partial charge in [-0.05, 0) is 30.7 Å². The summed E-state index contributed by atoms with van der Waals surface area (Å²) in [5.41, 5.74) is 1.42. The molecule has 0 spiro atoms. The van der Waals surface area contributed by atoms with E-state index in [4.69, 9.17) is 11.6 Å². The van der Waals surface area contributed by atoms with E-state index in [0.29, 0.717) is 17.0 Å². The molecular weight excluding hydrogens is 234 g/mol. The Bertz CT molecular complexity index is 388. The number of halogens is 1. The van der Waals surface area contributed by atoms with Crippen molar-refractivity contribution in [2.24, 2.45) is 5.41 Å². The summed E-state index contributed by atoms with van der Waals surface area (Å²) in [5, 5.41) is 13.6. The summed E-state index contributed by atoms with van der Waals surface area (Å²) in [6.07, 6.45) is 5.25. The second-order valence-electron chi connectivity index (χ2n) is 5.10. The topological polar surface area (TPSA) is 32.3 Å². The fourth-order valence-electron chi connectivity index (χ4n) is 2.39. The third-order valence-corrected chi connectivity index (χ3v) is 3.93. The molecule has 0 atom stereocenters. The molecule has 2 N–H and O–H groups in total. The van der Waals surface area contributed by atoms with Gasteiger partial charge in [-0.1, -0.05) is 37.1 Å². The van der Waals surface area contributed by atoms with Gasteiger partial charge in [-0.2, -0.15) is 0 Å². The van der Waals surface area contributed by atoms with Crippen LogP contribution in [0.1, 0.15) is 38.2 Å². The zero-order chi connectivity index (χ0) is 12.3. The van der Waals surface area contributed by atoms with E-state index in [-0.39, 0.29) is 5.75 Å². The van der Waals surface area contributed by atoms with Gasteiger partial charge in [0.15, 0.2) is 0 Å². The van der Waals surface area contributed by atoms with E-state index < -0.39 is 0 Å². The molecule has 1 aliphatic carbocycles. The van der Waals surface area contributed by atoms with E-state index in [1.165, 1.54) is 25.7 Å². The van der Waals surface area contributed by atoms with Gasteiger partial charge < -0.3 is 10.4 Å². The first-order valence-corrected chi connectivity index (χ1v) is 6.72. The van der Waals surface area contributed by atoms with Crippen molar-refractivity contribution in [2.75, 3.05) is 6.54 Å². The van der Waals surface area contributed by atoms with Crippen LogP contribution < -0.4 is 5.32 Å². The van der Waals surface area contributed by atoms with Crippen LogP contribution in [0.4, 0.5) is 0 Å². The van der Waals surface area contributed by atoms with Gasteiger partial charge in [0.05, 0.1) is 5.02 Å². The molecule has 0 aliphatic heterocycles. The largest absolute Gasteiger partial charge is 0.506 e. The number of aromatic hydroxyl groups is 1. The minimum absolute atomic E-state index is 0.210. The molecule has 0 aromatic heterocycles. The number of benzene rings is 1. The fourth-order valence-corrected chi connectivity index (χ4v) is 2.58. The molecule has 0 heterocycles. The second-order valence-corrected chi connectivity index (χ2v) is 5.51. The Hall–Kier alpha value is -0.730. The molecule has 0 bridgehead atoms. The van der Waals surface area contributed by atoms with Crippen molar-refractivity contribution in [1.29, 1.82) is 0 Å². The lowest BCUT2D eigenvalue weighted by molar-refractivity contribution is 0.414. The average Bonchev–Trinajstić information content (AvgIpc) is 3.05. The molecule has 17 heavy (non-hydrogen) atoms. The molecule has 1 aromatic carbocycles. The van der Waals surface area contributed by atoms with E-state index >= 15 is 0 Å². The van der Waals surface area contributed by atoms with Crippen LogP contribution in [0.2, 0.25) is 5.02 Å². The minimum Gasteiger partial charge on any atom is -0.506 e. The van der Waals surface area contributed by atoms with Gasteiger partial charge in [0.25, 0.3) is 0 Å². The van der Waals surface area contributed by atoms with Crippen molar-refractivity contribution in [3.05, 3.63) is 28.8 Å². The molecule has 1 fully saturated rings. The van der Waals surface area contributed by atoms with Crippen molar-refractivity contribution in [2.45, 2.75) is 39.2 Å². The summed E-state index contributed by atoms with van der Waals surface area (Å²) >= 11 is 5.87. The van der Waals surface area contributed by atoms with Gasteiger partial charge in [-0.3, -0.25) is 0 Å². The van der Waals surface area contributed by atoms with E-state index in [2.05, 4.69) is 12.2 Å². The van der Waals surface area contributed by atoms with E-state index in [0.717, 1.165) is 12.1 Å². The van der Waals surface area contributed by atoms with Crippen molar-refractivity contribution < 1.29 is 5.11 Å². The van der Waals surface area contributed by atoms with Crippen LogP contribution in [0.15, 0.2) is 18.2 Å². The third kappa shape index (κ3) is 3.14. The zero-order valence-electron chi connectivity index (χ0n) is 10.3. The number of hydrogen-bond donors (Lipinski definition) is 2. The SMILES string of the molecule is CCCC1(CNCc2cccc(Cl)c2O)CC1. The summed E-state index contributed by atoms with van der Waals surface area (Å²) in [7, 11) is 0. The quantitative estimate of drug-likeness (QED) is 0.810. The average molecular weight is 254 g/mol. The highest BCUT2D eigenvalue weighted by Gasteiger charge is 2.40. The first-order chi connectivity index (χ1) is 8.17. The van der Waals surface area contributed by atoms with Gasteiger partial charge in [0.2, 0.25) is 0 Å². The zero-order valence-corrected chi connectivity index (χ0v) is 11.1. The van der Waals surface area contributed by atoms with Crippen LogP contribution in [0, 0.1) is 5.41 Å². The smallest absolute Gasteiger partial charge is 0.138 e. The summed E-state index contributed by atoms with van der Waals surface area (Å²) < 4.78 is 0. The molecular formula is C14H20ClNO. The Morgan fingerprint density at radius 2 is 2.18 bits per heavy atom. The molecule has 3 heteroatoms. The summed E-state index contributed by atoms with van der Waals surface area (Å²) in [4.78, 5) is 0. The van der Waals surface area contributed by atoms with Crippen molar-refractivity contribution in [3.8, 4) is 5.75 Å². The van der Waals surface area contributed by atoms with Crippen LogP contribution in [0.3, 0.4) is 0 Å². The lowest BCUT2D eigenvalue weighted by Crippen LogP contribution is -2.23. The van der Waals surface area contributed by atoms with Crippen LogP contribution in [0.25, 0.3) is 0 Å². The second kappa shape index (κ2) is 5.28. The highest BCUT2D eigenvalue weighted by atomic mass is 35.5. The first-order valence-electron chi connectivity index (χ1n) is 6.34. The number of para-hydroxylation sites is 1. The molecule has 0 unspecified atom stereocenters. The molecule has 0 amide bonds. The Morgan fingerprint density at radius 3 is 2.82 bits per heavy atom. The number of phenols is 1. The van der Waals surface area contributed by atoms with Gasteiger partial charge in [-0.25, -0.2) is 0 Å². The van der Waals surface area contributed by atoms with Gasteiger partial charge in [-0.15, -0.1) is 0 Å². The Kier molecular flexibility index (Phi) is 3.95. The molecule has 2 nitrogen and oxygen atoms in total. The number of nitrogens with one attached hydrogen (secondary N) is 1. The third-order valence-electron chi connectivity index (χ3n) is 3.62. The van der Waals surface area contributed by atoms with E-state index in [1.807, 2.05) is 12.1 Å². The highest BCUT2D eigenvalue weighted by Crippen LogP contribution is 2.49.